The number of fused-ring (bicyclic) bond motifs is 1. The lowest BCUT2D eigenvalue weighted by molar-refractivity contribution is -0.134. The number of amides is 1. The van der Waals surface area contributed by atoms with E-state index in [0.29, 0.717) is 30.8 Å². The maximum absolute atomic E-state index is 13.5. The molecule has 2 atom stereocenters. The number of hydrogen-bond donors (Lipinski definition) is 3. The highest BCUT2D eigenvalue weighted by Gasteiger charge is 2.45. The number of piperazine rings is 1. The van der Waals surface area contributed by atoms with E-state index in [4.69, 9.17) is 4.74 Å². The first-order chi connectivity index (χ1) is 17.1. The van der Waals surface area contributed by atoms with Gasteiger partial charge in [-0.05, 0) is 11.1 Å². The van der Waals surface area contributed by atoms with Crippen LogP contribution >= 0.6 is 0 Å². The Morgan fingerprint density at radius 3 is 2.34 bits per heavy atom. The van der Waals surface area contributed by atoms with Crippen LogP contribution < -0.4 is 0 Å². The van der Waals surface area contributed by atoms with Crippen molar-refractivity contribution in [2.45, 2.75) is 18.1 Å². The summed E-state index contributed by atoms with van der Waals surface area (Å²) < 4.78 is 5.25. The van der Waals surface area contributed by atoms with E-state index in [-0.39, 0.29) is 29.3 Å². The Morgan fingerprint density at radius 2 is 1.77 bits per heavy atom. The van der Waals surface area contributed by atoms with Gasteiger partial charge in [0.05, 0.1) is 18.8 Å². The van der Waals surface area contributed by atoms with E-state index in [0.717, 1.165) is 11.1 Å². The van der Waals surface area contributed by atoms with E-state index in [2.05, 4.69) is 34.5 Å². The number of H-pyrrole nitrogens is 1. The van der Waals surface area contributed by atoms with Crippen molar-refractivity contribution >= 4 is 11.5 Å². The molecule has 1 fully saturated rings. The summed E-state index contributed by atoms with van der Waals surface area (Å²) in [7, 11) is 1.59. The number of nitrogens with one attached hydrogen (secondary N) is 1. The van der Waals surface area contributed by atoms with Crippen LogP contribution in [-0.2, 0) is 9.53 Å². The van der Waals surface area contributed by atoms with Crippen LogP contribution in [0.25, 0.3) is 5.57 Å². The molecule has 0 spiro atoms. The van der Waals surface area contributed by atoms with Gasteiger partial charge in [0, 0.05) is 49.7 Å². The monoisotopic (exact) mass is 472 g/mol. The van der Waals surface area contributed by atoms with Crippen LogP contribution in [0.5, 0.6) is 0 Å². The van der Waals surface area contributed by atoms with Gasteiger partial charge in [-0.25, -0.2) is 0 Å². The van der Waals surface area contributed by atoms with E-state index in [1.807, 2.05) is 41.3 Å². The standard InChI is InChI=1S/C27H28N4O4/c1-35-13-12-30-17-22(23(18-8-4-2-5-9-18)19-10-6-3-7-11-19)31-16-21(20-14-28-29-15-20)25(32)26(33)24(31)27(30)34/h2-11,14-16,22-23,25,32-33H,12-13,17H2,1H3,(H,28,29)/t22-,25?/m1/s1. The number of carbonyl (C=O) groups is 1. The van der Waals surface area contributed by atoms with Gasteiger partial charge in [0.25, 0.3) is 5.91 Å². The Labute approximate surface area is 203 Å². The molecule has 3 heterocycles. The molecule has 3 aromatic rings. The van der Waals surface area contributed by atoms with Crippen LogP contribution in [0, 0.1) is 0 Å². The van der Waals surface area contributed by atoms with Crippen molar-refractivity contribution in [3.05, 3.63) is 107 Å². The molecule has 0 saturated carbocycles. The highest BCUT2D eigenvalue weighted by Crippen LogP contribution is 2.41. The lowest BCUT2D eigenvalue weighted by atomic mass is 9.81. The molecular formula is C27H28N4O4. The molecule has 180 valence electrons. The third-order valence-corrected chi connectivity index (χ3v) is 6.69. The quantitative estimate of drug-likeness (QED) is 0.489. The second-order valence-corrected chi connectivity index (χ2v) is 8.73. The van der Waals surface area contributed by atoms with Gasteiger partial charge >= 0.3 is 0 Å². The number of aliphatic hydroxyl groups excluding tert-OH is 2. The van der Waals surface area contributed by atoms with Crippen molar-refractivity contribution < 1.29 is 19.7 Å². The number of rotatable bonds is 7. The Bertz CT molecular complexity index is 1190. The molecule has 2 aliphatic rings. The molecule has 1 aromatic heterocycles. The van der Waals surface area contributed by atoms with Crippen molar-refractivity contribution in [3.8, 4) is 0 Å². The number of ether oxygens (including phenoxy) is 1. The lowest BCUT2D eigenvalue weighted by Gasteiger charge is -2.47. The number of nitrogens with zero attached hydrogens (tertiary/aromatic N) is 3. The minimum atomic E-state index is -1.34. The Kier molecular flexibility index (Phi) is 6.39. The van der Waals surface area contributed by atoms with Crippen LogP contribution in [0.2, 0.25) is 0 Å². The van der Waals surface area contributed by atoms with Gasteiger partial charge in [-0.3, -0.25) is 9.89 Å². The van der Waals surface area contributed by atoms with Crippen molar-refractivity contribution in [1.82, 2.24) is 20.0 Å². The van der Waals surface area contributed by atoms with Gasteiger partial charge in [-0.15, -0.1) is 0 Å². The van der Waals surface area contributed by atoms with Gasteiger partial charge in [0.2, 0.25) is 0 Å². The molecule has 2 aromatic carbocycles. The number of aliphatic hydroxyl groups is 2. The molecule has 1 amide bonds. The minimum Gasteiger partial charge on any atom is -0.507 e. The maximum atomic E-state index is 13.5. The zero-order chi connectivity index (χ0) is 24.4. The predicted octanol–water partition coefficient (Wildman–Crippen LogP) is 2.89. The summed E-state index contributed by atoms with van der Waals surface area (Å²) >= 11 is 0. The second kappa shape index (κ2) is 9.77. The maximum Gasteiger partial charge on any atom is 0.274 e. The summed E-state index contributed by atoms with van der Waals surface area (Å²) in [6.45, 7) is 1.16. The van der Waals surface area contributed by atoms with E-state index in [1.54, 1.807) is 30.6 Å². The fourth-order valence-electron chi connectivity index (χ4n) is 4.98. The van der Waals surface area contributed by atoms with E-state index in [1.165, 1.54) is 0 Å². The molecule has 8 nitrogen and oxygen atoms in total. The van der Waals surface area contributed by atoms with E-state index < -0.39 is 6.10 Å². The highest BCUT2D eigenvalue weighted by atomic mass is 16.5. The molecule has 3 N–H and O–H groups in total. The van der Waals surface area contributed by atoms with Crippen LogP contribution in [0.3, 0.4) is 0 Å². The largest absolute Gasteiger partial charge is 0.507 e. The first-order valence-corrected chi connectivity index (χ1v) is 11.6. The third kappa shape index (κ3) is 4.22. The fourth-order valence-corrected chi connectivity index (χ4v) is 4.98. The zero-order valence-corrected chi connectivity index (χ0v) is 19.4. The van der Waals surface area contributed by atoms with Crippen LogP contribution in [0.15, 0.2) is 90.7 Å². The Hall–Kier alpha value is -3.88. The summed E-state index contributed by atoms with van der Waals surface area (Å²) in [5, 5.41) is 28.8. The normalized spacial score (nSPS) is 20.3. The molecule has 35 heavy (non-hydrogen) atoms. The smallest absolute Gasteiger partial charge is 0.274 e. The first-order valence-electron chi connectivity index (χ1n) is 11.6. The molecule has 0 radical (unpaired) electrons. The summed E-state index contributed by atoms with van der Waals surface area (Å²) in [6, 6.07) is 20.0. The van der Waals surface area contributed by atoms with Crippen molar-refractivity contribution in [3.63, 3.8) is 0 Å². The Balaban J connectivity index is 1.67. The summed E-state index contributed by atoms with van der Waals surface area (Å²) in [4.78, 5) is 17.0. The van der Waals surface area contributed by atoms with Crippen molar-refractivity contribution in [2.24, 2.45) is 0 Å². The number of carbonyl (C=O) groups excluding carboxylic acids is 1. The SMILES string of the molecule is COCCN1C[C@H](C(c2ccccc2)c2ccccc2)N2C=C(c3cn[nH]c3)C(O)C(O)=C2C1=O. The van der Waals surface area contributed by atoms with Crippen LogP contribution in [-0.4, -0.2) is 75.1 Å². The van der Waals surface area contributed by atoms with Gasteiger partial charge in [-0.1, -0.05) is 60.7 Å². The lowest BCUT2D eigenvalue weighted by Crippen LogP contribution is -2.57. The molecule has 1 unspecified atom stereocenters. The van der Waals surface area contributed by atoms with Crippen LogP contribution in [0.1, 0.15) is 22.6 Å². The number of benzene rings is 2. The minimum absolute atomic E-state index is 0.0916. The Morgan fingerprint density at radius 1 is 1.11 bits per heavy atom. The summed E-state index contributed by atoms with van der Waals surface area (Å²) in [5.74, 6) is -0.812. The molecule has 2 aliphatic heterocycles. The summed E-state index contributed by atoms with van der Waals surface area (Å²) in [5.41, 5.74) is 3.39. The fraction of sp³-hybridized carbons (Fsp3) is 0.259. The van der Waals surface area contributed by atoms with E-state index in [9.17, 15) is 15.0 Å². The average Bonchev–Trinajstić information content (AvgIpc) is 3.42. The number of aromatic nitrogens is 2. The van der Waals surface area contributed by atoms with Gasteiger partial charge < -0.3 is 24.7 Å². The molecule has 5 rings (SSSR count). The number of methoxy groups -OCH3 is 1. The average molecular weight is 473 g/mol. The molecule has 0 aliphatic carbocycles. The molecule has 8 heteroatoms. The highest BCUT2D eigenvalue weighted by molar-refractivity contribution is 5.96. The van der Waals surface area contributed by atoms with Crippen molar-refractivity contribution in [2.75, 3.05) is 26.8 Å². The first kappa shape index (κ1) is 22.9. The van der Waals surface area contributed by atoms with Gasteiger partial charge in [0.15, 0.2) is 5.76 Å². The summed E-state index contributed by atoms with van der Waals surface area (Å²) in [6.07, 6.45) is 3.69. The topological polar surface area (TPSA) is 102 Å². The number of hydrogen-bond acceptors (Lipinski definition) is 6. The predicted molar refractivity (Wildman–Crippen MR) is 131 cm³/mol. The molecule has 1 saturated heterocycles. The van der Waals surface area contributed by atoms with Crippen LogP contribution in [0.4, 0.5) is 0 Å². The second-order valence-electron chi connectivity index (χ2n) is 8.73. The zero-order valence-electron chi connectivity index (χ0n) is 19.4. The molecular weight excluding hydrogens is 444 g/mol. The number of aromatic amines is 1. The van der Waals surface area contributed by atoms with Crippen molar-refractivity contribution in [1.29, 1.82) is 0 Å². The van der Waals surface area contributed by atoms with E-state index >= 15 is 0 Å². The molecule has 0 bridgehead atoms. The third-order valence-electron chi connectivity index (χ3n) is 6.69. The van der Waals surface area contributed by atoms with Gasteiger partial charge in [-0.2, -0.15) is 5.10 Å². The van der Waals surface area contributed by atoms with Gasteiger partial charge in [0.1, 0.15) is 11.8 Å².